The fourth-order valence-electron chi connectivity index (χ4n) is 9.96. The van der Waals surface area contributed by atoms with Gasteiger partial charge in [-0.3, -0.25) is 41.1 Å². The number of fused-ring (bicyclic) bond motifs is 1. The highest BCUT2D eigenvalue weighted by Gasteiger charge is 2.16. The second-order valence-electron chi connectivity index (χ2n) is 25.5. The van der Waals surface area contributed by atoms with E-state index in [0.29, 0.717) is 41.1 Å². The summed E-state index contributed by atoms with van der Waals surface area (Å²) in [5.41, 5.74) is 18.4. The number of benzene rings is 7. The van der Waals surface area contributed by atoms with E-state index in [2.05, 4.69) is 260 Å². The lowest BCUT2D eigenvalue weighted by Gasteiger charge is -2.22. The van der Waals surface area contributed by atoms with Crippen LogP contribution in [0, 0.1) is 20.8 Å². The van der Waals surface area contributed by atoms with Crippen molar-refractivity contribution in [1.82, 2.24) is 0 Å². The zero-order valence-electron chi connectivity index (χ0n) is 71.0. The maximum absolute atomic E-state index is 11.2. The minimum Gasteiger partial charge on any atom is -0.496 e. The second-order valence-corrected chi connectivity index (χ2v) is 26.9. The van der Waals surface area contributed by atoms with E-state index in [9.17, 15) is 9.59 Å². The van der Waals surface area contributed by atoms with E-state index in [1.807, 2.05) is 62.4 Å². The highest BCUT2D eigenvalue weighted by Crippen LogP contribution is 2.31. The summed E-state index contributed by atoms with van der Waals surface area (Å²) in [6.45, 7) is 42.7. The summed E-state index contributed by atoms with van der Waals surface area (Å²) >= 11 is 9.22. The van der Waals surface area contributed by atoms with Crippen LogP contribution < -0.4 is 4.74 Å². The number of carbonyl (C=O) groups excluding carboxylic acids is 2. The molecule has 0 spiro atoms. The van der Waals surface area contributed by atoms with Gasteiger partial charge in [-0.05, 0) is 249 Å². The largest absolute Gasteiger partial charge is 0.496 e. The maximum atomic E-state index is 11.2. The molecule has 7 aromatic carbocycles. The van der Waals surface area contributed by atoms with Crippen molar-refractivity contribution >= 4 is 39.1 Å². The van der Waals surface area contributed by atoms with Gasteiger partial charge in [0.2, 0.25) is 0 Å². The van der Waals surface area contributed by atoms with Gasteiger partial charge in [0.15, 0.2) is 11.6 Å². The molecule has 8 rings (SSSR count). The Morgan fingerprint density at radius 3 is 1.11 bits per heavy atom. The number of halogens is 2. The van der Waals surface area contributed by atoms with E-state index in [4.69, 9.17) is 53.0 Å². The third-order valence-corrected chi connectivity index (χ3v) is 18.7. The molecule has 7 N–H and O–H groups in total. The van der Waals surface area contributed by atoms with Gasteiger partial charge in [0.25, 0.3) is 0 Å². The lowest BCUT2D eigenvalue weighted by Crippen LogP contribution is -2.07. The van der Waals surface area contributed by atoms with Gasteiger partial charge in [0, 0.05) is 20.6 Å². The van der Waals surface area contributed by atoms with Crippen LogP contribution in [0.4, 0.5) is 0 Å². The van der Waals surface area contributed by atoms with Gasteiger partial charge in [0.1, 0.15) is 12.4 Å². The number of aliphatic hydroxyl groups is 1. The van der Waals surface area contributed by atoms with E-state index in [0.717, 1.165) is 40.7 Å². The summed E-state index contributed by atoms with van der Waals surface area (Å²) in [4.78, 5) is 41.8. The molecule has 0 radical (unpaired) electrons. The summed E-state index contributed by atoms with van der Waals surface area (Å²) in [5, 5.41) is 52.0. The number of aliphatic hydroxyl groups excluding tert-OH is 1. The number of hydrogen-bond donors (Lipinski definition) is 7. The van der Waals surface area contributed by atoms with Crippen LogP contribution in [-0.4, -0.2) is 105 Å². The standard InChI is InChI=1S/C14H20.C12H16O2.C12H18O.C12H16O.C12H18.C10H13Br.C10H13Cl.C2H6.6CH4O2/c1-3-11(2)13-10-6-8-12-7-4-5-9-14(12)13;1-3-9(2)10-5-4-6-11(7-10)12(14)8-13;1-5-9(2)11-6-7-12(13-4)10(3)8-11;1-4-9(2)11-6-5-7-12(8-11)10(3)13;1-5-9(2)12-7-6-10(3)11(4)8-12;1-3-8(2)9-5-4-6-10(11)7-9;1-3-8(2)9-4-6-10(11)7-5-9;1-2;6*1-3-2/h6,8,10-11H,3-5,7,9H2,1-2H3;4-7,9,13H,3,8H2,1-2H3;6-9H,5H2,1-4H3;5-9H,4H2,1-3H3;6-9H,5H2,1-4H3;2*4-8H,3H2,1-2H3;1-2H3;6*2H,1H3. The van der Waals surface area contributed by atoms with E-state index < -0.39 is 6.61 Å². The van der Waals surface area contributed by atoms with Crippen molar-refractivity contribution in [2.24, 2.45) is 0 Å². The molecule has 0 aromatic heterocycles. The molecular formula is C90H144BrClO16. The zero-order chi connectivity index (χ0) is 84.1. The predicted molar refractivity (Wildman–Crippen MR) is 457 cm³/mol. The van der Waals surface area contributed by atoms with Crippen LogP contribution in [0.2, 0.25) is 5.02 Å². The van der Waals surface area contributed by atoms with Gasteiger partial charge in [-0.25, -0.2) is 29.3 Å². The molecule has 7 aromatic rings. The summed E-state index contributed by atoms with van der Waals surface area (Å²) in [6, 6.07) is 52.1. The Kier molecular flexibility index (Phi) is 78.3. The summed E-state index contributed by atoms with van der Waals surface area (Å²) in [6.07, 6.45) is 13.6. The molecule has 7 atom stereocenters. The molecule has 0 heterocycles. The number of ketones is 2. The summed E-state index contributed by atoms with van der Waals surface area (Å²) in [5.74, 6) is 5.31. The molecule has 0 saturated carbocycles. The minimum absolute atomic E-state index is 0.144. The van der Waals surface area contributed by atoms with Crippen molar-refractivity contribution < 1.29 is 80.3 Å². The van der Waals surface area contributed by atoms with Gasteiger partial charge in [-0.1, -0.05) is 248 Å². The van der Waals surface area contributed by atoms with Crippen molar-refractivity contribution in [3.63, 3.8) is 0 Å². The molecule has 0 fully saturated rings. The Balaban J connectivity index is -0.000000270. The third-order valence-electron chi connectivity index (χ3n) is 18.0. The van der Waals surface area contributed by atoms with Crippen LogP contribution in [0.25, 0.3) is 0 Å². The molecule has 0 saturated heterocycles. The van der Waals surface area contributed by atoms with Crippen LogP contribution in [0.5, 0.6) is 5.75 Å². The molecule has 1 aliphatic rings. The smallest absolute Gasteiger partial charge is 0.188 e. The fraction of sp³-hybridized carbons (Fsp3) is 0.511. The molecule has 614 valence electrons. The topological polar surface area (TPSA) is 240 Å². The lowest BCUT2D eigenvalue weighted by atomic mass is 9.83. The Bertz CT molecular complexity index is 3220. The third kappa shape index (κ3) is 53.7. The van der Waals surface area contributed by atoms with Gasteiger partial charge >= 0.3 is 0 Å². The maximum Gasteiger partial charge on any atom is 0.188 e. The SMILES string of the molecule is CC.CCC(C)c1ccc(C)c(C)c1.CCC(C)c1ccc(Cl)cc1.CCC(C)c1ccc(OC)c(C)c1.CCC(C)c1cccc(Br)c1.CCC(C)c1cccc(C(=O)CO)c1.CCC(C)c1cccc(C(C)=O)c1.CCC(C)c1cccc2c1CCCC2.COO.COO.COO.COO.COO.COO. The minimum atomic E-state index is -0.413. The van der Waals surface area contributed by atoms with Crippen LogP contribution >= 0.6 is 27.5 Å². The summed E-state index contributed by atoms with van der Waals surface area (Å²) < 4.78 is 6.39. The monoisotopic (exact) mass is 1590 g/mol. The van der Waals surface area contributed by atoms with E-state index in [-0.39, 0.29) is 11.6 Å². The first-order valence-electron chi connectivity index (χ1n) is 37.7. The Labute approximate surface area is 667 Å². The first-order valence-corrected chi connectivity index (χ1v) is 38.9. The quantitative estimate of drug-likeness (QED) is 0.0240. The highest BCUT2D eigenvalue weighted by atomic mass is 79.9. The average molecular weight is 1600 g/mol. The number of ether oxygens (including phenoxy) is 1. The lowest BCUT2D eigenvalue weighted by molar-refractivity contribution is -0.215. The second kappa shape index (κ2) is 75.0. The summed E-state index contributed by atoms with van der Waals surface area (Å²) in [7, 11) is 8.80. The molecule has 108 heavy (non-hydrogen) atoms. The van der Waals surface area contributed by atoms with Crippen molar-refractivity contribution in [2.75, 3.05) is 56.4 Å². The molecule has 7 unspecified atom stereocenters. The Morgan fingerprint density at radius 1 is 0.407 bits per heavy atom. The van der Waals surface area contributed by atoms with Crippen molar-refractivity contribution in [3.05, 3.63) is 239 Å². The number of hydrogen-bond acceptors (Lipinski definition) is 16. The number of methoxy groups -OCH3 is 1. The van der Waals surface area contributed by atoms with Crippen molar-refractivity contribution in [1.29, 1.82) is 0 Å². The fourth-order valence-corrected chi connectivity index (χ4v) is 10.5. The first kappa shape index (κ1) is 113. The average Bonchev–Trinajstić information content (AvgIpc) is 0.821. The van der Waals surface area contributed by atoms with Crippen LogP contribution in [-0.2, 0) is 42.2 Å². The normalized spacial score (nSPS) is 12.1. The molecule has 0 bridgehead atoms. The van der Waals surface area contributed by atoms with E-state index >= 15 is 0 Å². The van der Waals surface area contributed by atoms with E-state index in [1.54, 1.807) is 36.8 Å². The molecule has 0 aliphatic heterocycles. The molecule has 18 heteroatoms. The van der Waals surface area contributed by atoms with E-state index in [1.165, 1.54) is 149 Å². The Hall–Kier alpha value is -6.07. The number of Topliss-reactive ketones (excluding diaryl/α,β-unsaturated/α-hetero) is 2. The highest BCUT2D eigenvalue weighted by molar-refractivity contribution is 9.10. The van der Waals surface area contributed by atoms with Gasteiger partial charge in [-0.15, -0.1) is 0 Å². The van der Waals surface area contributed by atoms with Gasteiger partial charge in [0.05, 0.1) is 49.8 Å². The molecule has 1 aliphatic carbocycles. The van der Waals surface area contributed by atoms with Crippen molar-refractivity contribution in [2.45, 2.75) is 251 Å². The van der Waals surface area contributed by atoms with Crippen LogP contribution in [0.3, 0.4) is 0 Å². The first-order chi connectivity index (χ1) is 51.4. The number of rotatable bonds is 18. The number of aryl methyl sites for hydroxylation is 4. The van der Waals surface area contributed by atoms with Gasteiger partial charge < -0.3 is 9.84 Å². The Morgan fingerprint density at radius 2 is 0.741 bits per heavy atom. The van der Waals surface area contributed by atoms with Crippen LogP contribution in [0.1, 0.15) is 304 Å². The van der Waals surface area contributed by atoms with Crippen molar-refractivity contribution in [3.8, 4) is 5.75 Å². The molecule has 0 amide bonds. The molecular weight excluding hydrogens is 1450 g/mol. The number of carbonyl (C=O) groups is 2. The predicted octanol–water partition coefficient (Wildman–Crippen LogP) is 26.7. The molecule has 16 nitrogen and oxygen atoms in total. The van der Waals surface area contributed by atoms with Crippen LogP contribution in [0.15, 0.2) is 156 Å². The van der Waals surface area contributed by atoms with Gasteiger partial charge in [-0.2, -0.15) is 0 Å². The zero-order valence-corrected chi connectivity index (χ0v) is 73.4.